The Labute approximate surface area is 154 Å². The average molecular weight is 357 g/mol. The van der Waals surface area contributed by atoms with Crippen LogP contribution in [0.25, 0.3) is 0 Å². The molecule has 2 N–H and O–H groups in total. The lowest BCUT2D eigenvalue weighted by molar-refractivity contribution is -0.126. The lowest BCUT2D eigenvalue weighted by atomic mass is 9.95. The molecule has 1 aliphatic heterocycles. The molecule has 1 aromatic carbocycles. The molecular formula is C20H27N3O3. The first-order valence-electron chi connectivity index (χ1n) is 9.13. The number of anilines is 1. The van der Waals surface area contributed by atoms with Gasteiger partial charge in [-0.2, -0.15) is 0 Å². The van der Waals surface area contributed by atoms with Crippen molar-refractivity contribution in [2.45, 2.75) is 32.6 Å². The first-order valence-corrected chi connectivity index (χ1v) is 9.13. The Bertz CT molecular complexity index is 647. The van der Waals surface area contributed by atoms with Gasteiger partial charge in [0.15, 0.2) is 0 Å². The van der Waals surface area contributed by atoms with E-state index in [-0.39, 0.29) is 23.6 Å². The summed E-state index contributed by atoms with van der Waals surface area (Å²) in [5.41, 5.74) is 1.28. The number of carbonyl (C=O) groups excluding carboxylic acids is 3. The third-order valence-electron chi connectivity index (χ3n) is 4.47. The molecule has 0 aromatic heterocycles. The number of nitrogens with zero attached hydrogens (tertiary/aromatic N) is 1. The van der Waals surface area contributed by atoms with Crippen LogP contribution in [-0.4, -0.2) is 42.3 Å². The number of piperidine rings is 1. The molecule has 26 heavy (non-hydrogen) atoms. The van der Waals surface area contributed by atoms with E-state index in [1.165, 1.54) is 0 Å². The van der Waals surface area contributed by atoms with Crippen LogP contribution in [0.15, 0.2) is 36.9 Å². The van der Waals surface area contributed by atoms with Crippen LogP contribution in [0.1, 0.15) is 43.0 Å². The molecule has 6 nitrogen and oxygen atoms in total. The molecule has 140 valence electrons. The Balaban J connectivity index is 1.87. The van der Waals surface area contributed by atoms with Crippen LogP contribution < -0.4 is 10.6 Å². The van der Waals surface area contributed by atoms with E-state index in [4.69, 9.17) is 0 Å². The number of hydrogen-bond donors (Lipinski definition) is 2. The highest BCUT2D eigenvalue weighted by Gasteiger charge is 2.27. The van der Waals surface area contributed by atoms with Gasteiger partial charge in [-0.25, -0.2) is 0 Å². The third kappa shape index (κ3) is 5.44. The van der Waals surface area contributed by atoms with Crippen molar-refractivity contribution in [3.05, 3.63) is 42.5 Å². The molecular weight excluding hydrogens is 330 g/mol. The van der Waals surface area contributed by atoms with E-state index in [0.717, 1.165) is 6.42 Å². The average Bonchev–Trinajstić information content (AvgIpc) is 2.66. The zero-order valence-electron chi connectivity index (χ0n) is 15.3. The van der Waals surface area contributed by atoms with E-state index < -0.39 is 0 Å². The summed E-state index contributed by atoms with van der Waals surface area (Å²) in [5, 5.41) is 5.62. The van der Waals surface area contributed by atoms with Crippen molar-refractivity contribution in [1.82, 2.24) is 10.2 Å². The summed E-state index contributed by atoms with van der Waals surface area (Å²) in [7, 11) is 0. The fraction of sp³-hybridized carbons (Fsp3) is 0.450. The summed E-state index contributed by atoms with van der Waals surface area (Å²) < 4.78 is 0. The number of nitrogens with one attached hydrogen (secondary N) is 2. The van der Waals surface area contributed by atoms with Gasteiger partial charge in [0.1, 0.15) is 0 Å². The second-order valence-corrected chi connectivity index (χ2v) is 6.48. The second-order valence-electron chi connectivity index (χ2n) is 6.48. The molecule has 0 spiro atoms. The molecule has 0 saturated carbocycles. The van der Waals surface area contributed by atoms with Gasteiger partial charge in [-0.15, -0.1) is 6.58 Å². The lowest BCUT2D eigenvalue weighted by Crippen LogP contribution is -2.43. The minimum Gasteiger partial charge on any atom is -0.352 e. The predicted molar refractivity (Wildman–Crippen MR) is 102 cm³/mol. The largest absolute Gasteiger partial charge is 0.352 e. The van der Waals surface area contributed by atoms with Gasteiger partial charge in [-0.3, -0.25) is 14.4 Å². The molecule has 3 amide bonds. The van der Waals surface area contributed by atoms with E-state index in [9.17, 15) is 14.4 Å². The molecule has 1 heterocycles. The van der Waals surface area contributed by atoms with Crippen LogP contribution in [0.5, 0.6) is 0 Å². The first-order chi connectivity index (χ1) is 12.5. The number of likely N-dealkylation sites (tertiary alicyclic amines) is 1. The van der Waals surface area contributed by atoms with E-state index in [0.29, 0.717) is 50.1 Å². The van der Waals surface area contributed by atoms with Gasteiger partial charge in [0, 0.05) is 43.2 Å². The highest BCUT2D eigenvalue weighted by molar-refractivity contribution is 5.96. The molecule has 6 heteroatoms. The fourth-order valence-electron chi connectivity index (χ4n) is 2.99. The Morgan fingerprint density at radius 1 is 1.19 bits per heavy atom. The standard InChI is InChI=1S/C20H27N3O3/c1-3-5-18(24)22-17-8-6-16(7-9-17)20(26)23-13-10-15(11-14-23)19(25)21-12-4-2/h4,6-9,15H,2-3,5,10-14H2,1H3,(H,21,25)(H,22,24). The highest BCUT2D eigenvalue weighted by atomic mass is 16.2. The molecule has 0 radical (unpaired) electrons. The zero-order chi connectivity index (χ0) is 18.9. The topological polar surface area (TPSA) is 78.5 Å². The van der Waals surface area contributed by atoms with Crippen LogP contribution >= 0.6 is 0 Å². The first kappa shape index (κ1) is 19.7. The quantitative estimate of drug-likeness (QED) is 0.736. The maximum atomic E-state index is 12.6. The van der Waals surface area contributed by atoms with Crippen molar-refractivity contribution in [3.63, 3.8) is 0 Å². The number of hydrogen-bond acceptors (Lipinski definition) is 3. The Morgan fingerprint density at radius 3 is 2.42 bits per heavy atom. The number of benzene rings is 1. The van der Waals surface area contributed by atoms with Crippen LogP contribution in [-0.2, 0) is 9.59 Å². The molecule has 1 saturated heterocycles. The van der Waals surface area contributed by atoms with Crippen molar-refractivity contribution in [1.29, 1.82) is 0 Å². The highest BCUT2D eigenvalue weighted by Crippen LogP contribution is 2.20. The molecule has 1 aliphatic rings. The van der Waals surface area contributed by atoms with Gasteiger partial charge in [-0.05, 0) is 43.5 Å². The van der Waals surface area contributed by atoms with Crippen LogP contribution in [0.4, 0.5) is 5.69 Å². The van der Waals surface area contributed by atoms with Crippen molar-refractivity contribution in [3.8, 4) is 0 Å². The minimum atomic E-state index is -0.0462. The van der Waals surface area contributed by atoms with Gasteiger partial charge >= 0.3 is 0 Å². The van der Waals surface area contributed by atoms with Crippen molar-refractivity contribution in [2.24, 2.45) is 5.92 Å². The van der Waals surface area contributed by atoms with Gasteiger partial charge in [0.2, 0.25) is 11.8 Å². The van der Waals surface area contributed by atoms with Crippen LogP contribution in [0, 0.1) is 5.92 Å². The molecule has 0 aliphatic carbocycles. The van der Waals surface area contributed by atoms with E-state index in [2.05, 4.69) is 17.2 Å². The molecule has 0 atom stereocenters. The van der Waals surface area contributed by atoms with Gasteiger partial charge in [0.05, 0.1) is 0 Å². The number of rotatable bonds is 7. The van der Waals surface area contributed by atoms with Gasteiger partial charge in [-0.1, -0.05) is 13.0 Å². The van der Waals surface area contributed by atoms with Crippen molar-refractivity contribution >= 4 is 23.4 Å². The summed E-state index contributed by atoms with van der Waals surface area (Å²) in [6.07, 6.45) is 4.27. The maximum absolute atomic E-state index is 12.6. The van der Waals surface area contributed by atoms with Gasteiger partial charge < -0.3 is 15.5 Å². The van der Waals surface area contributed by atoms with E-state index in [1.807, 2.05) is 6.92 Å². The summed E-state index contributed by atoms with van der Waals surface area (Å²) in [4.78, 5) is 38.0. The molecule has 1 fully saturated rings. The number of amides is 3. The summed E-state index contributed by atoms with van der Waals surface area (Å²) in [5.74, 6) is -0.0795. The number of carbonyl (C=O) groups is 3. The monoisotopic (exact) mass is 357 g/mol. The SMILES string of the molecule is C=CCNC(=O)C1CCN(C(=O)c2ccc(NC(=O)CCC)cc2)CC1. The Morgan fingerprint density at radius 2 is 1.85 bits per heavy atom. The van der Waals surface area contributed by atoms with Crippen molar-refractivity contribution < 1.29 is 14.4 Å². The third-order valence-corrected chi connectivity index (χ3v) is 4.47. The molecule has 2 rings (SSSR count). The lowest BCUT2D eigenvalue weighted by Gasteiger charge is -2.31. The van der Waals surface area contributed by atoms with Gasteiger partial charge in [0.25, 0.3) is 5.91 Å². The van der Waals surface area contributed by atoms with E-state index >= 15 is 0 Å². The zero-order valence-corrected chi connectivity index (χ0v) is 15.3. The smallest absolute Gasteiger partial charge is 0.253 e. The molecule has 0 unspecified atom stereocenters. The summed E-state index contributed by atoms with van der Waals surface area (Å²) in [6, 6.07) is 6.95. The predicted octanol–water partition coefficient (Wildman–Crippen LogP) is 2.58. The molecule has 0 bridgehead atoms. The molecule has 1 aromatic rings. The fourth-order valence-corrected chi connectivity index (χ4v) is 2.99. The van der Waals surface area contributed by atoms with Crippen LogP contribution in [0.2, 0.25) is 0 Å². The summed E-state index contributed by atoms with van der Waals surface area (Å²) >= 11 is 0. The van der Waals surface area contributed by atoms with E-state index in [1.54, 1.807) is 35.2 Å². The Kier molecular flexibility index (Phi) is 7.38. The summed E-state index contributed by atoms with van der Waals surface area (Å²) in [6.45, 7) is 7.15. The maximum Gasteiger partial charge on any atom is 0.253 e. The normalized spacial score (nSPS) is 14.6. The second kappa shape index (κ2) is 9.75. The van der Waals surface area contributed by atoms with Crippen molar-refractivity contribution in [2.75, 3.05) is 25.0 Å². The van der Waals surface area contributed by atoms with Crippen LogP contribution in [0.3, 0.4) is 0 Å². The Hall–Kier alpha value is -2.63. The minimum absolute atomic E-state index is 0.0246.